The van der Waals surface area contributed by atoms with Gasteiger partial charge in [0.2, 0.25) is 0 Å². The number of benzene rings is 1. The van der Waals surface area contributed by atoms with E-state index in [-0.39, 0.29) is 0 Å². The monoisotopic (exact) mass is 379 g/mol. The smallest absolute Gasteiger partial charge is 0.123 e. The second kappa shape index (κ2) is 8.91. The lowest BCUT2D eigenvalue weighted by Crippen LogP contribution is -2.29. The third-order valence-electron chi connectivity index (χ3n) is 2.65. The van der Waals surface area contributed by atoms with Gasteiger partial charge >= 0.3 is 0 Å². The van der Waals surface area contributed by atoms with E-state index in [4.69, 9.17) is 9.47 Å². The molecule has 1 rings (SSSR count). The molecule has 0 aromatic heterocycles. The zero-order chi connectivity index (χ0) is 13.4. The molecule has 0 saturated heterocycles. The van der Waals surface area contributed by atoms with Crippen LogP contribution in [-0.4, -0.2) is 44.1 Å². The van der Waals surface area contributed by atoms with E-state index in [2.05, 4.69) is 42.8 Å². The minimum Gasteiger partial charge on any atom is -0.496 e. The Labute approximate surface area is 126 Å². The molecule has 0 amide bonds. The molecule has 0 unspecified atom stereocenters. The van der Waals surface area contributed by atoms with E-state index in [1.807, 2.05) is 12.1 Å². The maximum absolute atomic E-state index is 5.39. The van der Waals surface area contributed by atoms with Crippen LogP contribution in [0.5, 0.6) is 5.75 Å². The maximum Gasteiger partial charge on any atom is 0.123 e. The Hall–Kier alpha value is -0.100. The lowest BCUT2D eigenvalue weighted by Gasteiger charge is -2.22. The molecule has 0 atom stereocenters. The summed E-state index contributed by atoms with van der Waals surface area (Å²) in [6.07, 6.45) is 0. The van der Waals surface area contributed by atoms with Gasteiger partial charge < -0.3 is 9.47 Å². The molecule has 0 aliphatic heterocycles. The fourth-order valence-corrected chi connectivity index (χ4v) is 2.63. The molecule has 0 heterocycles. The molecule has 0 aliphatic carbocycles. The molecule has 0 spiro atoms. The van der Waals surface area contributed by atoms with Crippen LogP contribution >= 0.6 is 31.9 Å². The second-order valence-electron chi connectivity index (χ2n) is 3.91. The molecule has 0 radical (unpaired) electrons. The fraction of sp³-hybridized carbons (Fsp3) is 0.538. The summed E-state index contributed by atoms with van der Waals surface area (Å²) in [5.41, 5.74) is 1.18. The highest BCUT2D eigenvalue weighted by Crippen LogP contribution is 2.24. The summed E-state index contributed by atoms with van der Waals surface area (Å²) in [6, 6.07) is 6.08. The summed E-state index contributed by atoms with van der Waals surface area (Å²) in [6.45, 7) is 3.50. The fourth-order valence-electron chi connectivity index (χ4n) is 1.72. The van der Waals surface area contributed by atoms with Crippen LogP contribution in [0.15, 0.2) is 22.7 Å². The SMILES string of the molecule is COCCN(CCBr)Cc1cc(Br)ccc1OC. The Morgan fingerprint density at radius 3 is 2.61 bits per heavy atom. The van der Waals surface area contributed by atoms with Crippen LogP contribution in [-0.2, 0) is 11.3 Å². The molecule has 0 aliphatic rings. The van der Waals surface area contributed by atoms with E-state index in [9.17, 15) is 0 Å². The largest absolute Gasteiger partial charge is 0.496 e. The van der Waals surface area contributed by atoms with E-state index in [0.717, 1.165) is 41.8 Å². The molecule has 0 saturated carbocycles. The highest BCUT2D eigenvalue weighted by molar-refractivity contribution is 9.10. The number of halogens is 2. The molecule has 1 aromatic carbocycles. The average Bonchev–Trinajstić information content (AvgIpc) is 2.36. The van der Waals surface area contributed by atoms with Gasteiger partial charge in [-0.2, -0.15) is 0 Å². The first-order valence-electron chi connectivity index (χ1n) is 5.81. The van der Waals surface area contributed by atoms with Gasteiger partial charge in [0.25, 0.3) is 0 Å². The van der Waals surface area contributed by atoms with E-state index >= 15 is 0 Å². The second-order valence-corrected chi connectivity index (χ2v) is 5.62. The lowest BCUT2D eigenvalue weighted by molar-refractivity contribution is 0.147. The summed E-state index contributed by atoms with van der Waals surface area (Å²) in [5.74, 6) is 0.926. The van der Waals surface area contributed by atoms with E-state index in [1.54, 1.807) is 14.2 Å². The highest BCUT2D eigenvalue weighted by atomic mass is 79.9. The predicted molar refractivity (Wildman–Crippen MR) is 81.6 cm³/mol. The third kappa shape index (κ3) is 5.26. The van der Waals surface area contributed by atoms with Gasteiger partial charge in [0.05, 0.1) is 13.7 Å². The van der Waals surface area contributed by atoms with Crippen LogP contribution in [0.4, 0.5) is 0 Å². The molecule has 3 nitrogen and oxygen atoms in total. The van der Waals surface area contributed by atoms with Gasteiger partial charge in [-0.05, 0) is 18.2 Å². The van der Waals surface area contributed by atoms with Crippen LogP contribution in [0.1, 0.15) is 5.56 Å². The first-order chi connectivity index (χ1) is 8.71. The summed E-state index contributed by atoms with van der Waals surface area (Å²) < 4.78 is 11.6. The summed E-state index contributed by atoms with van der Waals surface area (Å²) in [7, 11) is 3.43. The quantitative estimate of drug-likeness (QED) is 0.646. The van der Waals surface area contributed by atoms with Gasteiger partial charge in [-0.25, -0.2) is 0 Å². The van der Waals surface area contributed by atoms with Crippen molar-refractivity contribution in [1.29, 1.82) is 0 Å². The zero-order valence-corrected chi connectivity index (χ0v) is 14.0. The Kier molecular flexibility index (Phi) is 7.90. The topological polar surface area (TPSA) is 21.7 Å². The van der Waals surface area contributed by atoms with Crippen molar-refractivity contribution < 1.29 is 9.47 Å². The molecule has 18 heavy (non-hydrogen) atoms. The zero-order valence-electron chi connectivity index (χ0n) is 10.8. The van der Waals surface area contributed by atoms with Crippen LogP contribution < -0.4 is 4.74 Å². The number of nitrogens with zero attached hydrogens (tertiary/aromatic N) is 1. The van der Waals surface area contributed by atoms with Gasteiger partial charge in [-0.1, -0.05) is 31.9 Å². The molecule has 102 valence electrons. The molecule has 0 fully saturated rings. The van der Waals surface area contributed by atoms with Gasteiger partial charge in [-0.3, -0.25) is 4.90 Å². The number of alkyl halides is 1. The standard InChI is InChI=1S/C13H19Br2NO2/c1-17-8-7-16(6-5-14)10-11-9-12(15)3-4-13(11)18-2/h3-4,9H,5-8,10H2,1-2H3. The number of hydrogen-bond donors (Lipinski definition) is 0. The van der Waals surface area contributed by atoms with Crippen molar-refractivity contribution in [2.45, 2.75) is 6.54 Å². The number of methoxy groups -OCH3 is 2. The maximum atomic E-state index is 5.39. The number of ether oxygens (including phenoxy) is 2. The van der Waals surface area contributed by atoms with Crippen LogP contribution in [0.25, 0.3) is 0 Å². The van der Waals surface area contributed by atoms with Crippen molar-refractivity contribution in [2.75, 3.05) is 39.2 Å². The van der Waals surface area contributed by atoms with Crippen molar-refractivity contribution in [3.05, 3.63) is 28.2 Å². The van der Waals surface area contributed by atoms with Crippen LogP contribution in [0.2, 0.25) is 0 Å². The molecule has 1 aromatic rings. The first kappa shape index (κ1) is 16.0. The van der Waals surface area contributed by atoms with Crippen molar-refractivity contribution in [1.82, 2.24) is 4.90 Å². The first-order valence-corrected chi connectivity index (χ1v) is 7.72. The molecular formula is C13H19Br2NO2. The summed E-state index contributed by atoms with van der Waals surface area (Å²) in [4.78, 5) is 2.34. The Morgan fingerprint density at radius 1 is 1.22 bits per heavy atom. The normalized spacial score (nSPS) is 10.9. The minimum atomic E-state index is 0.739. The third-order valence-corrected chi connectivity index (χ3v) is 3.50. The lowest BCUT2D eigenvalue weighted by atomic mass is 10.2. The van der Waals surface area contributed by atoms with E-state index in [0.29, 0.717) is 0 Å². The molecular weight excluding hydrogens is 362 g/mol. The minimum absolute atomic E-state index is 0.739. The molecule has 0 bridgehead atoms. The summed E-state index contributed by atoms with van der Waals surface area (Å²) >= 11 is 6.98. The predicted octanol–water partition coefficient (Wildman–Crippen LogP) is 3.30. The van der Waals surface area contributed by atoms with Crippen LogP contribution in [0, 0.1) is 0 Å². The number of hydrogen-bond acceptors (Lipinski definition) is 3. The summed E-state index contributed by atoms with van der Waals surface area (Å²) in [5, 5.41) is 0.951. The van der Waals surface area contributed by atoms with E-state index < -0.39 is 0 Å². The highest BCUT2D eigenvalue weighted by Gasteiger charge is 2.09. The number of rotatable bonds is 8. The van der Waals surface area contributed by atoms with Gasteiger partial charge in [0, 0.05) is 42.1 Å². The van der Waals surface area contributed by atoms with Crippen molar-refractivity contribution in [3.63, 3.8) is 0 Å². The van der Waals surface area contributed by atoms with Crippen LogP contribution in [0.3, 0.4) is 0 Å². The van der Waals surface area contributed by atoms with Crippen molar-refractivity contribution >= 4 is 31.9 Å². The molecule has 5 heteroatoms. The Balaban J connectivity index is 2.74. The average molecular weight is 381 g/mol. The Bertz CT molecular complexity index is 361. The van der Waals surface area contributed by atoms with Gasteiger partial charge in [0.1, 0.15) is 5.75 Å². The van der Waals surface area contributed by atoms with Gasteiger partial charge in [0.15, 0.2) is 0 Å². The van der Waals surface area contributed by atoms with Gasteiger partial charge in [-0.15, -0.1) is 0 Å². The van der Waals surface area contributed by atoms with Crippen molar-refractivity contribution in [2.24, 2.45) is 0 Å². The Morgan fingerprint density at radius 2 is 2.00 bits per heavy atom. The van der Waals surface area contributed by atoms with E-state index in [1.165, 1.54) is 5.56 Å². The molecule has 0 N–H and O–H groups in total. The van der Waals surface area contributed by atoms with Crippen molar-refractivity contribution in [3.8, 4) is 5.75 Å².